The number of amides is 8. The van der Waals surface area contributed by atoms with E-state index in [-0.39, 0.29) is 47.9 Å². The van der Waals surface area contributed by atoms with Gasteiger partial charge < -0.3 is 36.2 Å². The number of rotatable bonds is 16. The van der Waals surface area contributed by atoms with Gasteiger partial charge in [-0.15, -0.1) is 5.10 Å². The number of carbonyl (C=O) groups is 5. The van der Waals surface area contributed by atoms with Crippen LogP contribution < -0.4 is 26.6 Å². The van der Waals surface area contributed by atoms with Crippen LogP contribution in [0.2, 0.25) is 0 Å². The largest absolute Gasteiger partial charge is 0.373 e. The maximum absolute atomic E-state index is 13.4. The van der Waals surface area contributed by atoms with Crippen LogP contribution in [0.3, 0.4) is 0 Å². The SMILES string of the molecule is CC(C)(COC(C)(C)CNC(=O)CCCC[C@@H]1SC[C@@H]2NC(=O)N[C@@H]21)Cn1cc(-c2ccc(NC(=O)N3CCC4(CC3)NC(=O)N(Cc3ccccc3)C4=O)cc2)nn1. The molecule has 0 aliphatic carbocycles. The molecule has 3 atom stereocenters. The molecule has 0 bridgehead atoms. The first-order chi connectivity index (χ1) is 28.2. The second-order valence-corrected chi connectivity index (χ2v) is 18.8. The fraction of sp³-hybridized carbons (Fsp3) is 0.548. The van der Waals surface area contributed by atoms with Crippen molar-refractivity contribution in [2.24, 2.45) is 5.41 Å². The standard InChI is InChI=1S/C42H56N10O6S/c1-40(2,27-58-41(3,4)25-43-34(53)13-9-8-12-33-35-32(24-59-33)45-37(55)46-35)26-51-23-31(48-49-51)29-14-16-30(17-15-29)44-38(56)50-20-18-42(19-21-50)36(54)52(39(57)47-42)22-28-10-6-5-7-11-28/h5-7,10-11,14-17,23,32-33,35H,8-9,12-13,18-22,24-27H2,1-4H3,(H,43,53)(H,44,56)(H,47,57)(H2,45,46,55)/t32-,33-,35-/m0/s1. The Morgan fingerprint density at radius 2 is 1.73 bits per heavy atom. The second kappa shape index (κ2) is 17.6. The molecule has 0 unspecified atom stereocenters. The van der Waals surface area contributed by atoms with Crippen molar-refractivity contribution in [1.29, 1.82) is 0 Å². The molecule has 7 rings (SSSR count). The number of piperidine rings is 1. The van der Waals surface area contributed by atoms with Crippen molar-refractivity contribution in [3.63, 3.8) is 0 Å². The zero-order valence-electron chi connectivity index (χ0n) is 34.3. The molecule has 0 radical (unpaired) electrons. The normalized spacial score (nSPS) is 21.3. The molecule has 8 amide bonds. The number of likely N-dealkylation sites (tertiary alicyclic amines) is 1. The van der Waals surface area contributed by atoms with Crippen LogP contribution in [-0.4, -0.2) is 115 Å². The third-order valence-corrected chi connectivity index (χ3v) is 13.0. The molecule has 59 heavy (non-hydrogen) atoms. The third kappa shape index (κ3) is 10.4. The van der Waals surface area contributed by atoms with Gasteiger partial charge in [0.15, 0.2) is 0 Å². The van der Waals surface area contributed by atoms with E-state index in [9.17, 15) is 24.0 Å². The van der Waals surface area contributed by atoms with E-state index in [2.05, 4.69) is 50.7 Å². The molecule has 0 saturated carbocycles. The van der Waals surface area contributed by atoms with Crippen LogP contribution in [0.4, 0.5) is 20.1 Å². The second-order valence-electron chi connectivity index (χ2n) is 17.5. The number of nitrogens with one attached hydrogen (secondary N) is 5. The third-order valence-electron chi connectivity index (χ3n) is 11.5. The summed E-state index contributed by atoms with van der Waals surface area (Å²) in [4.78, 5) is 66.4. The van der Waals surface area contributed by atoms with E-state index in [0.29, 0.717) is 68.7 Å². The number of anilines is 1. The van der Waals surface area contributed by atoms with Crippen LogP contribution in [0.25, 0.3) is 11.3 Å². The van der Waals surface area contributed by atoms with E-state index in [1.54, 1.807) is 9.58 Å². The van der Waals surface area contributed by atoms with E-state index in [1.807, 2.05) is 86.4 Å². The zero-order chi connectivity index (χ0) is 41.8. The molecule has 17 heteroatoms. The topological polar surface area (TPSA) is 192 Å². The Balaban J connectivity index is 0.804. The minimum Gasteiger partial charge on any atom is -0.373 e. The Morgan fingerprint density at radius 1 is 0.983 bits per heavy atom. The van der Waals surface area contributed by atoms with E-state index in [1.165, 1.54) is 4.90 Å². The summed E-state index contributed by atoms with van der Waals surface area (Å²) in [5.41, 5.74) is 1.22. The summed E-state index contributed by atoms with van der Waals surface area (Å²) in [7, 11) is 0. The number of benzene rings is 2. The van der Waals surface area contributed by atoms with Gasteiger partial charge in [0, 0.05) is 60.3 Å². The van der Waals surface area contributed by atoms with Gasteiger partial charge in [-0.3, -0.25) is 19.2 Å². The lowest BCUT2D eigenvalue weighted by Gasteiger charge is -2.37. The van der Waals surface area contributed by atoms with Gasteiger partial charge in [0.2, 0.25) is 5.91 Å². The summed E-state index contributed by atoms with van der Waals surface area (Å²) in [6.45, 7) is 10.4. The number of imide groups is 1. The molecule has 3 aromatic rings. The van der Waals surface area contributed by atoms with Crippen LogP contribution in [0.1, 0.15) is 71.8 Å². The van der Waals surface area contributed by atoms with Crippen molar-refractivity contribution < 1.29 is 28.7 Å². The lowest BCUT2D eigenvalue weighted by molar-refractivity contribution is -0.133. The lowest BCUT2D eigenvalue weighted by atomic mass is 9.87. The lowest BCUT2D eigenvalue weighted by Crippen LogP contribution is -2.56. The Kier molecular flexibility index (Phi) is 12.5. The van der Waals surface area contributed by atoms with Crippen LogP contribution in [-0.2, 0) is 27.4 Å². The van der Waals surface area contributed by atoms with Gasteiger partial charge in [0.05, 0.1) is 37.0 Å². The Labute approximate surface area is 349 Å². The van der Waals surface area contributed by atoms with Crippen molar-refractivity contribution in [1.82, 2.24) is 46.1 Å². The average Bonchev–Trinajstić information content (AvgIpc) is 3.97. The van der Waals surface area contributed by atoms with E-state index >= 15 is 0 Å². The Morgan fingerprint density at radius 3 is 2.47 bits per heavy atom. The van der Waals surface area contributed by atoms with Crippen LogP contribution in [0, 0.1) is 5.41 Å². The highest BCUT2D eigenvalue weighted by Crippen LogP contribution is 2.34. The summed E-state index contributed by atoms with van der Waals surface area (Å²) >= 11 is 1.89. The maximum Gasteiger partial charge on any atom is 0.325 e. The summed E-state index contributed by atoms with van der Waals surface area (Å²) in [5.74, 6) is 0.712. The summed E-state index contributed by atoms with van der Waals surface area (Å²) in [6.07, 6.45) is 5.77. The fourth-order valence-corrected chi connectivity index (χ4v) is 9.59. The first kappa shape index (κ1) is 42.0. The van der Waals surface area contributed by atoms with Crippen molar-refractivity contribution in [2.45, 2.75) is 108 Å². The highest BCUT2D eigenvalue weighted by Gasteiger charge is 2.52. The first-order valence-corrected chi connectivity index (χ1v) is 21.6. The van der Waals surface area contributed by atoms with Crippen LogP contribution >= 0.6 is 11.8 Å². The zero-order valence-corrected chi connectivity index (χ0v) is 35.1. The van der Waals surface area contributed by atoms with Crippen LogP contribution in [0.15, 0.2) is 60.8 Å². The number of urea groups is 3. The van der Waals surface area contributed by atoms with Crippen molar-refractivity contribution in [2.75, 3.05) is 37.3 Å². The number of hydrogen-bond acceptors (Lipinski definition) is 9. The number of unbranched alkanes of at least 4 members (excludes halogenated alkanes) is 1. The molecule has 4 saturated heterocycles. The monoisotopic (exact) mass is 828 g/mol. The Bertz CT molecular complexity index is 2000. The minimum absolute atomic E-state index is 0.0151. The number of fused-ring (bicyclic) bond motifs is 1. The van der Waals surface area contributed by atoms with Gasteiger partial charge >= 0.3 is 18.1 Å². The molecule has 2 aromatic carbocycles. The molecule has 316 valence electrons. The van der Waals surface area contributed by atoms with E-state index in [4.69, 9.17) is 4.74 Å². The van der Waals surface area contributed by atoms with Crippen molar-refractivity contribution in [3.8, 4) is 11.3 Å². The molecule has 16 nitrogen and oxygen atoms in total. The van der Waals surface area contributed by atoms with E-state index in [0.717, 1.165) is 36.1 Å². The number of hydrogen-bond donors (Lipinski definition) is 5. The van der Waals surface area contributed by atoms with Gasteiger partial charge in [-0.1, -0.05) is 67.9 Å². The molecule has 4 aliphatic rings. The average molecular weight is 829 g/mol. The first-order valence-electron chi connectivity index (χ1n) is 20.5. The molecule has 5 heterocycles. The van der Waals surface area contributed by atoms with Crippen LogP contribution in [0.5, 0.6) is 0 Å². The molecule has 1 aromatic heterocycles. The maximum atomic E-state index is 13.4. The van der Waals surface area contributed by atoms with Gasteiger partial charge in [-0.2, -0.15) is 11.8 Å². The van der Waals surface area contributed by atoms with E-state index < -0.39 is 17.2 Å². The number of thioether (sulfide) groups is 1. The summed E-state index contributed by atoms with van der Waals surface area (Å²) in [6, 6.07) is 16.5. The fourth-order valence-electron chi connectivity index (χ4n) is 8.05. The number of carbonyl (C=O) groups excluding carboxylic acids is 5. The molecule has 5 N–H and O–H groups in total. The van der Waals surface area contributed by atoms with Gasteiger partial charge in [-0.25, -0.2) is 14.4 Å². The molecule has 4 fully saturated rings. The van der Waals surface area contributed by atoms with Gasteiger partial charge in [0.1, 0.15) is 11.2 Å². The van der Waals surface area contributed by atoms with Crippen molar-refractivity contribution in [3.05, 3.63) is 66.4 Å². The number of aromatic nitrogens is 3. The predicted octanol–water partition coefficient (Wildman–Crippen LogP) is 4.73. The molecular formula is C42H56N10O6S. The molecular weight excluding hydrogens is 773 g/mol. The highest BCUT2D eigenvalue weighted by atomic mass is 32.2. The van der Waals surface area contributed by atoms with Gasteiger partial charge in [0.25, 0.3) is 5.91 Å². The molecule has 1 spiro atoms. The smallest absolute Gasteiger partial charge is 0.325 e. The minimum atomic E-state index is -0.990. The summed E-state index contributed by atoms with van der Waals surface area (Å²) < 4.78 is 8.10. The number of nitrogens with zero attached hydrogens (tertiary/aromatic N) is 5. The highest BCUT2D eigenvalue weighted by molar-refractivity contribution is 8.00. The quantitative estimate of drug-likeness (QED) is 0.0772. The van der Waals surface area contributed by atoms with Crippen molar-refractivity contribution >= 4 is 47.4 Å². The molecule has 4 aliphatic heterocycles. The van der Waals surface area contributed by atoms with Gasteiger partial charge in [-0.05, 0) is 57.2 Å². The predicted molar refractivity (Wildman–Crippen MR) is 224 cm³/mol. The summed E-state index contributed by atoms with van der Waals surface area (Å²) in [5, 5.41) is 24.0. The Hall–Kier alpha value is -5.16. The number of ether oxygens (including phenoxy) is 1.